The average molecular weight is 452 g/mol. The Labute approximate surface area is 163 Å². The second-order valence-corrected chi connectivity index (χ2v) is 8.04. The van der Waals surface area contributed by atoms with Crippen molar-refractivity contribution in [1.82, 2.24) is 15.2 Å². The first-order chi connectivity index (χ1) is 12.4. The SMILES string of the molecule is CC(C)(C)OC(=O)N[C@H]1CCCN(C(c2ccc(Br)nc2)C(F)(F)F)C1=O. The molecule has 0 aliphatic carbocycles. The van der Waals surface area contributed by atoms with E-state index in [0.717, 1.165) is 11.1 Å². The predicted octanol–water partition coefficient (Wildman–Crippen LogP) is 3.96. The lowest BCUT2D eigenvalue weighted by Gasteiger charge is -2.39. The number of amides is 2. The minimum atomic E-state index is -4.68. The van der Waals surface area contributed by atoms with Gasteiger partial charge in [0.2, 0.25) is 5.91 Å². The summed E-state index contributed by atoms with van der Waals surface area (Å²) < 4.78 is 46.7. The van der Waals surface area contributed by atoms with Gasteiger partial charge in [-0.1, -0.05) is 6.07 Å². The molecule has 0 bridgehead atoms. The number of carbonyl (C=O) groups is 2. The number of alkyl carbamates (subject to hydrolysis) is 1. The maximum atomic E-state index is 13.7. The molecule has 1 saturated heterocycles. The molecule has 0 radical (unpaired) electrons. The molecule has 1 unspecified atom stereocenters. The highest BCUT2D eigenvalue weighted by atomic mass is 79.9. The highest BCUT2D eigenvalue weighted by Crippen LogP contribution is 2.39. The van der Waals surface area contributed by atoms with Crippen LogP contribution in [0.5, 0.6) is 0 Å². The zero-order chi connectivity index (χ0) is 20.4. The number of likely N-dealkylation sites (tertiary alicyclic amines) is 1. The van der Waals surface area contributed by atoms with Gasteiger partial charge in [-0.25, -0.2) is 9.78 Å². The summed E-state index contributed by atoms with van der Waals surface area (Å²) >= 11 is 3.08. The molecular weight excluding hydrogens is 431 g/mol. The number of alkyl halides is 3. The van der Waals surface area contributed by atoms with Crippen LogP contribution in [0.4, 0.5) is 18.0 Å². The summed E-state index contributed by atoms with van der Waals surface area (Å²) in [6.45, 7) is 4.90. The van der Waals surface area contributed by atoms with Crippen molar-refractivity contribution in [3.8, 4) is 0 Å². The molecule has 0 spiro atoms. The fraction of sp³-hybridized carbons (Fsp3) is 0.588. The number of nitrogens with zero attached hydrogens (tertiary/aromatic N) is 2. The lowest BCUT2D eigenvalue weighted by molar-refractivity contribution is -0.195. The Morgan fingerprint density at radius 1 is 1.37 bits per heavy atom. The number of nitrogens with one attached hydrogen (secondary N) is 1. The van der Waals surface area contributed by atoms with Crippen LogP contribution in [0.3, 0.4) is 0 Å². The molecule has 1 aliphatic rings. The predicted molar refractivity (Wildman–Crippen MR) is 94.8 cm³/mol. The first kappa shape index (κ1) is 21.5. The summed E-state index contributed by atoms with van der Waals surface area (Å²) in [5.41, 5.74) is -0.920. The summed E-state index contributed by atoms with van der Waals surface area (Å²) in [5, 5.41) is 2.38. The molecule has 2 heterocycles. The molecule has 1 fully saturated rings. The van der Waals surface area contributed by atoms with Crippen LogP contribution in [-0.2, 0) is 9.53 Å². The van der Waals surface area contributed by atoms with Crippen molar-refractivity contribution >= 4 is 27.9 Å². The first-order valence-electron chi connectivity index (χ1n) is 8.36. The van der Waals surface area contributed by atoms with Crippen LogP contribution in [-0.4, -0.2) is 46.2 Å². The van der Waals surface area contributed by atoms with E-state index in [1.165, 1.54) is 12.1 Å². The molecule has 2 atom stereocenters. The Kier molecular flexibility index (Phi) is 6.39. The molecule has 0 aromatic carbocycles. The van der Waals surface area contributed by atoms with Crippen LogP contribution in [0, 0.1) is 0 Å². The van der Waals surface area contributed by atoms with E-state index in [0.29, 0.717) is 11.0 Å². The van der Waals surface area contributed by atoms with Crippen molar-refractivity contribution in [2.75, 3.05) is 6.54 Å². The number of hydrogen-bond acceptors (Lipinski definition) is 4. The number of halogens is 4. The van der Waals surface area contributed by atoms with Gasteiger partial charge in [0.15, 0.2) is 6.04 Å². The topological polar surface area (TPSA) is 71.5 Å². The molecule has 1 aromatic rings. The standard InChI is InChI=1S/C17H21BrF3N3O3/c1-16(2,3)27-15(26)23-11-5-4-8-24(14(11)25)13(17(19,20)21)10-6-7-12(18)22-9-10/h6-7,9,11,13H,4-5,8H2,1-3H3,(H,23,26)/t11-,13?/m0/s1. The van der Waals surface area contributed by atoms with Crippen molar-refractivity contribution in [2.45, 2.75) is 57.5 Å². The fourth-order valence-corrected chi connectivity index (χ4v) is 3.07. The first-order valence-corrected chi connectivity index (χ1v) is 9.16. The molecule has 0 saturated carbocycles. The summed E-state index contributed by atoms with van der Waals surface area (Å²) in [4.78, 5) is 29.2. The van der Waals surface area contributed by atoms with Crippen molar-refractivity contribution in [1.29, 1.82) is 0 Å². The van der Waals surface area contributed by atoms with Gasteiger partial charge in [0, 0.05) is 18.3 Å². The Bertz CT molecular complexity index is 689. The van der Waals surface area contributed by atoms with Crippen molar-refractivity contribution in [2.24, 2.45) is 0 Å². The number of hydrogen-bond donors (Lipinski definition) is 1. The van der Waals surface area contributed by atoms with E-state index in [4.69, 9.17) is 4.74 Å². The van der Waals surface area contributed by atoms with E-state index in [-0.39, 0.29) is 18.5 Å². The zero-order valence-electron chi connectivity index (χ0n) is 15.1. The smallest absolute Gasteiger partial charge is 0.413 e. The van der Waals surface area contributed by atoms with Crippen molar-refractivity contribution in [3.05, 3.63) is 28.5 Å². The van der Waals surface area contributed by atoms with Crippen LogP contribution in [0.1, 0.15) is 45.2 Å². The lowest BCUT2D eigenvalue weighted by atomic mass is 9.99. The van der Waals surface area contributed by atoms with Gasteiger partial charge >= 0.3 is 12.3 Å². The average Bonchev–Trinajstić information content (AvgIpc) is 2.50. The Morgan fingerprint density at radius 2 is 2.04 bits per heavy atom. The fourth-order valence-electron chi connectivity index (χ4n) is 2.83. The van der Waals surface area contributed by atoms with Gasteiger partial charge in [-0.3, -0.25) is 4.79 Å². The summed E-state index contributed by atoms with van der Waals surface area (Å²) in [6.07, 6.45) is -3.86. The second kappa shape index (κ2) is 8.04. The molecular formula is C17H21BrF3N3O3. The maximum Gasteiger partial charge on any atom is 0.413 e. The number of piperidine rings is 1. The number of rotatable bonds is 3. The highest BCUT2D eigenvalue weighted by molar-refractivity contribution is 9.10. The molecule has 1 aromatic heterocycles. The molecule has 10 heteroatoms. The van der Waals surface area contributed by atoms with Gasteiger partial charge in [-0.2, -0.15) is 13.2 Å². The largest absolute Gasteiger partial charge is 0.444 e. The number of carbonyl (C=O) groups excluding carboxylic acids is 2. The Morgan fingerprint density at radius 3 is 2.56 bits per heavy atom. The number of aromatic nitrogens is 1. The minimum Gasteiger partial charge on any atom is -0.444 e. The van der Waals surface area contributed by atoms with Crippen molar-refractivity contribution < 1.29 is 27.5 Å². The summed E-state index contributed by atoms with van der Waals surface area (Å²) in [5.74, 6) is -0.794. The monoisotopic (exact) mass is 451 g/mol. The van der Waals surface area contributed by atoms with Crippen molar-refractivity contribution in [3.63, 3.8) is 0 Å². The molecule has 1 N–H and O–H groups in total. The molecule has 2 amide bonds. The Balaban J connectivity index is 2.22. The van der Waals surface area contributed by atoms with Gasteiger partial charge in [-0.05, 0) is 55.6 Å². The van der Waals surface area contributed by atoms with Crippen LogP contribution in [0.25, 0.3) is 0 Å². The van der Waals surface area contributed by atoms with E-state index in [1.54, 1.807) is 20.8 Å². The van der Waals surface area contributed by atoms with Gasteiger partial charge in [-0.15, -0.1) is 0 Å². The van der Waals surface area contributed by atoms with Crippen LogP contribution >= 0.6 is 15.9 Å². The van der Waals surface area contributed by atoms with Crippen LogP contribution in [0.15, 0.2) is 22.9 Å². The van der Waals surface area contributed by atoms with Gasteiger partial charge in [0.1, 0.15) is 16.2 Å². The van der Waals surface area contributed by atoms with E-state index >= 15 is 0 Å². The van der Waals surface area contributed by atoms with E-state index < -0.39 is 35.9 Å². The summed E-state index contributed by atoms with van der Waals surface area (Å²) in [7, 11) is 0. The van der Waals surface area contributed by atoms with Gasteiger partial charge in [0.25, 0.3) is 0 Å². The van der Waals surface area contributed by atoms with E-state index in [9.17, 15) is 22.8 Å². The second-order valence-electron chi connectivity index (χ2n) is 7.23. The van der Waals surface area contributed by atoms with Crippen LogP contribution < -0.4 is 5.32 Å². The minimum absolute atomic E-state index is 0.0639. The molecule has 150 valence electrons. The molecule has 27 heavy (non-hydrogen) atoms. The van der Waals surface area contributed by atoms with Crippen LogP contribution in [0.2, 0.25) is 0 Å². The number of pyridine rings is 1. The Hall–Kier alpha value is -1.84. The third kappa shape index (κ3) is 5.82. The maximum absolute atomic E-state index is 13.7. The number of ether oxygens (including phenoxy) is 1. The quantitative estimate of drug-likeness (QED) is 0.705. The normalized spacial score (nSPS) is 19.6. The van der Waals surface area contributed by atoms with Gasteiger partial charge in [0.05, 0.1) is 0 Å². The van der Waals surface area contributed by atoms with Gasteiger partial charge < -0.3 is 15.0 Å². The lowest BCUT2D eigenvalue weighted by Crippen LogP contribution is -2.55. The zero-order valence-corrected chi connectivity index (χ0v) is 16.7. The third-order valence-corrected chi connectivity index (χ3v) is 4.32. The molecule has 6 nitrogen and oxygen atoms in total. The summed E-state index contributed by atoms with van der Waals surface area (Å²) in [6, 6.07) is -0.539. The highest BCUT2D eigenvalue weighted by Gasteiger charge is 2.49. The van der Waals surface area contributed by atoms with E-state index in [1.807, 2.05) is 0 Å². The molecule has 1 aliphatic heterocycles. The third-order valence-electron chi connectivity index (χ3n) is 3.85. The molecule has 2 rings (SSSR count). The van der Waals surface area contributed by atoms with E-state index in [2.05, 4.69) is 26.2 Å².